The maximum absolute atomic E-state index is 12.5. The Hall–Kier alpha value is -3.06. The van der Waals surface area contributed by atoms with Crippen molar-refractivity contribution < 1.29 is 23.6 Å². The highest BCUT2D eigenvalue weighted by Crippen LogP contribution is 2.43. The van der Waals surface area contributed by atoms with Gasteiger partial charge in [-0.05, 0) is 110 Å². The molecule has 0 aromatic heterocycles. The second-order valence-corrected chi connectivity index (χ2v) is 13.5. The SMILES string of the molecule is Cc1c(B2OC(C)(C)C(C)(C)O2)cccc1C1Nc2cc(CN3CCC(C(=O)OC(C)(C)C)CC3)cc(C#N)c2O1. The van der Waals surface area contributed by atoms with E-state index in [1.807, 2.05) is 45.0 Å². The Balaban J connectivity index is 1.28. The van der Waals surface area contributed by atoms with E-state index < -0.39 is 30.1 Å². The van der Waals surface area contributed by atoms with Gasteiger partial charge in [0.15, 0.2) is 12.0 Å². The predicted octanol–water partition coefficient (Wildman–Crippen LogP) is 5.22. The topological polar surface area (TPSA) is 93.0 Å². The predicted molar refractivity (Wildman–Crippen MR) is 159 cm³/mol. The van der Waals surface area contributed by atoms with Crippen LogP contribution >= 0.6 is 0 Å². The average molecular weight is 560 g/mol. The molecule has 2 aromatic carbocycles. The van der Waals surface area contributed by atoms with Gasteiger partial charge in [0, 0.05) is 12.1 Å². The number of nitrogens with one attached hydrogen (secondary N) is 1. The molecule has 1 N–H and O–H groups in total. The van der Waals surface area contributed by atoms with Crippen molar-refractivity contribution in [3.8, 4) is 11.8 Å². The van der Waals surface area contributed by atoms with Gasteiger partial charge in [-0.25, -0.2) is 0 Å². The molecule has 8 nitrogen and oxygen atoms in total. The highest BCUT2D eigenvalue weighted by atomic mass is 16.7. The van der Waals surface area contributed by atoms with Crippen LogP contribution in [0.25, 0.3) is 0 Å². The number of anilines is 1. The van der Waals surface area contributed by atoms with E-state index in [9.17, 15) is 10.1 Å². The fourth-order valence-electron chi connectivity index (χ4n) is 5.68. The Morgan fingerprint density at radius 2 is 1.80 bits per heavy atom. The molecule has 1 atom stereocenters. The maximum atomic E-state index is 12.5. The van der Waals surface area contributed by atoms with Crippen LogP contribution in [0.2, 0.25) is 0 Å². The van der Waals surface area contributed by atoms with Crippen LogP contribution in [0.5, 0.6) is 5.75 Å². The fraction of sp³-hybridized carbons (Fsp3) is 0.562. The summed E-state index contributed by atoms with van der Waals surface area (Å²) in [6.07, 6.45) is 1.11. The summed E-state index contributed by atoms with van der Waals surface area (Å²) in [5, 5.41) is 13.5. The molecule has 1 unspecified atom stereocenters. The summed E-state index contributed by atoms with van der Waals surface area (Å²) in [7, 11) is -0.468. The van der Waals surface area contributed by atoms with Crippen molar-refractivity contribution in [2.45, 2.75) is 97.8 Å². The number of benzene rings is 2. The van der Waals surface area contributed by atoms with Crippen LogP contribution in [-0.2, 0) is 25.4 Å². The molecule has 218 valence electrons. The molecule has 0 aliphatic carbocycles. The van der Waals surface area contributed by atoms with Gasteiger partial charge in [-0.15, -0.1) is 0 Å². The molecule has 5 rings (SSSR count). The summed E-state index contributed by atoms with van der Waals surface area (Å²) in [6, 6.07) is 12.4. The normalized spacial score (nSPS) is 22.0. The minimum absolute atomic E-state index is 0.0628. The fourth-order valence-corrected chi connectivity index (χ4v) is 5.68. The number of hydrogen-bond donors (Lipinski definition) is 1. The zero-order chi connectivity index (χ0) is 29.7. The first-order valence-electron chi connectivity index (χ1n) is 14.6. The summed E-state index contributed by atoms with van der Waals surface area (Å²) in [5.74, 6) is 0.407. The lowest BCUT2D eigenvalue weighted by Gasteiger charge is -2.32. The third kappa shape index (κ3) is 5.97. The van der Waals surface area contributed by atoms with E-state index in [1.165, 1.54) is 0 Å². The quantitative estimate of drug-likeness (QED) is 0.394. The van der Waals surface area contributed by atoms with E-state index in [0.29, 0.717) is 17.9 Å². The minimum atomic E-state index is -0.468. The second-order valence-electron chi connectivity index (χ2n) is 13.5. The number of fused-ring (bicyclic) bond motifs is 1. The monoisotopic (exact) mass is 559 g/mol. The lowest BCUT2D eigenvalue weighted by Crippen LogP contribution is -2.41. The number of rotatable bonds is 5. The first-order chi connectivity index (χ1) is 19.2. The van der Waals surface area contributed by atoms with Gasteiger partial charge in [0.2, 0.25) is 0 Å². The van der Waals surface area contributed by atoms with Gasteiger partial charge in [-0.3, -0.25) is 9.69 Å². The molecule has 2 saturated heterocycles. The van der Waals surface area contributed by atoms with Crippen LogP contribution in [-0.4, -0.2) is 47.9 Å². The van der Waals surface area contributed by atoms with Crippen LogP contribution < -0.4 is 15.5 Å². The number of carbonyl (C=O) groups is 1. The lowest BCUT2D eigenvalue weighted by atomic mass is 9.75. The zero-order valence-corrected chi connectivity index (χ0v) is 25.6. The first-order valence-corrected chi connectivity index (χ1v) is 14.6. The molecule has 0 amide bonds. The van der Waals surface area contributed by atoms with Crippen molar-refractivity contribution in [3.63, 3.8) is 0 Å². The smallest absolute Gasteiger partial charge is 0.463 e. The molecule has 3 aliphatic heterocycles. The molecule has 3 aliphatic rings. The van der Waals surface area contributed by atoms with Gasteiger partial charge in [0.05, 0.1) is 28.4 Å². The van der Waals surface area contributed by atoms with Crippen molar-refractivity contribution in [2.75, 3.05) is 18.4 Å². The van der Waals surface area contributed by atoms with E-state index in [1.54, 1.807) is 0 Å². The molecule has 0 bridgehead atoms. The van der Waals surface area contributed by atoms with Crippen LogP contribution in [0.15, 0.2) is 30.3 Å². The van der Waals surface area contributed by atoms with E-state index in [2.05, 4.69) is 57.0 Å². The van der Waals surface area contributed by atoms with E-state index in [-0.39, 0.29) is 11.9 Å². The second kappa shape index (κ2) is 10.7. The third-order valence-corrected chi connectivity index (χ3v) is 8.73. The highest BCUT2D eigenvalue weighted by Gasteiger charge is 2.52. The number of carbonyl (C=O) groups excluding carboxylic acids is 1. The first kappa shape index (κ1) is 29.4. The molecule has 41 heavy (non-hydrogen) atoms. The number of hydrogen-bond acceptors (Lipinski definition) is 8. The lowest BCUT2D eigenvalue weighted by molar-refractivity contribution is -0.161. The Morgan fingerprint density at radius 3 is 2.41 bits per heavy atom. The van der Waals surface area contributed by atoms with E-state index >= 15 is 0 Å². The van der Waals surface area contributed by atoms with E-state index in [0.717, 1.165) is 53.8 Å². The summed E-state index contributed by atoms with van der Waals surface area (Å²) < 4.78 is 24.6. The Labute approximate surface area is 244 Å². The number of esters is 1. The molecule has 9 heteroatoms. The van der Waals surface area contributed by atoms with Gasteiger partial charge >= 0.3 is 13.1 Å². The molecule has 2 fully saturated rings. The Kier molecular flexibility index (Phi) is 7.65. The van der Waals surface area contributed by atoms with Crippen LogP contribution in [0.1, 0.15) is 89.8 Å². The van der Waals surface area contributed by atoms with Gasteiger partial charge in [-0.1, -0.05) is 18.2 Å². The number of nitriles is 1. The van der Waals surface area contributed by atoms with Crippen LogP contribution in [0.3, 0.4) is 0 Å². The summed E-state index contributed by atoms with van der Waals surface area (Å²) in [4.78, 5) is 14.8. The largest absolute Gasteiger partial charge is 0.495 e. The molecule has 3 heterocycles. The summed E-state index contributed by atoms with van der Waals surface area (Å²) in [5.41, 5.74) is 4.01. The summed E-state index contributed by atoms with van der Waals surface area (Å²) in [6.45, 7) is 18.3. The maximum Gasteiger partial charge on any atom is 0.495 e. The Morgan fingerprint density at radius 1 is 1.15 bits per heavy atom. The average Bonchev–Trinajstić information content (AvgIpc) is 3.39. The van der Waals surface area contributed by atoms with Crippen molar-refractivity contribution in [1.82, 2.24) is 4.90 Å². The number of ether oxygens (including phenoxy) is 2. The van der Waals surface area contributed by atoms with Crippen LogP contribution in [0, 0.1) is 24.2 Å². The minimum Gasteiger partial charge on any atom is -0.463 e. The zero-order valence-electron chi connectivity index (χ0n) is 25.6. The number of likely N-dealkylation sites (tertiary alicyclic amines) is 1. The molecular weight excluding hydrogens is 517 g/mol. The van der Waals surface area contributed by atoms with Crippen molar-refractivity contribution in [3.05, 3.63) is 52.6 Å². The van der Waals surface area contributed by atoms with Crippen molar-refractivity contribution >= 4 is 24.2 Å². The molecule has 2 aromatic rings. The van der Waals surface area contributed by atoms with Crippen molar-refractivity contribution in [2.24, 2.45) is 5.92 Å². The number of nitrogens with zero attached hydrogens (tertiary/aromatic N) is 2. The molecule has 0 spiro atoms. The van der Waals surface area contributed by atoms with E-state index in [4.69, 9.17) is 18.8 Å². The van der Waals surface area contributed by atoms with Gasteiger partial charge in [0.25, 0.3) is 0 Å². The highest BCUT2D eigenvalue weighted by molar-refractivity contribution is 6.62. The number of piperidine rings is 1. The van der Waals surface area contributed by atoms with Gasteiger partial charge < -0.3 is 24.1 Å². The summed E-state index contributed by atoms with van der Waals surface area (Å²) >= 11 is 0. The molecular formula is C32H42BN3O5. The van der Waals surface area contributed by atoms with Crippen molar-refractivity contribution in [1.29, 1.82) is 5.26 Å². The van der Waals surface area contributed by atoms with Gasteiger partial charge in [0.1, 0.15) is 11.7 Å². The standard InChI is InChI=1S/C32H42BN3O5/c1-20-24(10-9-11-25(20)33-40-31(5,6)32(7,8)41-33)28-35-26-17-21(16-23(18-34)27(26)38-28)19-36-14-12-22(13-15-36)29(37)39-30(2,3)4/h9-11,16-17,22,28,35H,12-15,19H2,1-8H3. The third-order valence-electron chi connectivity index (χ3n) is 8.73. The Bertz CT molecular complexity index is 1350. The van der Waals surface area contributed by atoms with Gasteiger partial charge in [-0.2, -0.15) is 5.26 Å². The molecule has 0 radical (unpaired) electrons. The molecule has 0 saturated carbocycles. The van der Waals surface area contributed by atoms with Crippen LogP contribution in [0.4, 0.5) is 5.69 Å².